The molecule has 1 heterocycles. The lowest BCUT2D eigenvalue weighted by Crippen LogP contribution is -2.11. The van der Waals surface area contributed by atoms with Crippen LogP contribution in [0.25, 0.3) is 76.9 Å². The van der Waals surface area contributed by atoms with Crippen LogP contribution in [0.3, 0.4) is 0 Å². The van der Waals surface area contributed by atoms with Crippen LogP contribution in [0.4, 0.5) is 17.1 Å². The Morgan fingerprint density at radius 2 is 0.923 bits per heavy atom. The van der Waals surface area contributed by atoms with Gasteiger partial charge in [-0.2, -0.15) is 0 Å². The summed E-state index contributed by atoms with van der Waals surface area (Å²) in [5, 5.41) is 6.96. The minimum atomic E-state index is 0.892. The predicted octanol–water partition coefficient (Wildman–Crippen LogP) is 14.4. The number of anilines is 3. The molecule has 0 amide bonds. The van der Waals surface area contributed by atoms with E-state index in [9.17, 15) is 0 Å². The van der Waals surface area contributed by atoms with Crippen LogP contribution in [0, 0.1) is 0 Å². The van der Waals surface area contributed by atoms with Crippen molar-refractivity contribution in [3.8, 4) is 33.4 Å². The van der Waals surface area contributed by atoms with Crippen molar-refractivity contribution in [1.29, 1.82) is 0 Å². The van der Waals surface area contributed by atoms with Crippen LogP contribution in [0.2, 0.25) is 0 Å². The highest BCUT2D eigenvalue weighted by molar-refractivity contribution is 6.19. The van der Waals surface area contributed by atoms with Crippen molar-refractivity contribution in [3.63, 3.8) is 0 Å². The molecule has 0 aliphatic rings. The van der Waals surface area contributed by atoms with Crippen molar-refractivity contribution in [2.24, 2.45) is 0 Å². The summed E-state index contributed by atoms with van der Waals surface area (Å²) < 4.78 is 6.59. The quantitative estimate of drug-likeness (QED) is 0.176. The van der Waals surface area contributed by atoms with E-state index in [1.807, 2.05) is 0 Å². The summed E-state index contributed by atoms with van der Waals surface area (Å²) in [6.07, 6.45) is 0. The lowest BCUT2D eigenvalue weighted by atomic mass is 9.96. The number of nitrogens with zero attached hydrogens (tertiary/aromatic N) is 1. The van der Waals surface area contributed by atoms with Crippen LogP contribution in [0.15, 0.2) is 205 Å². The van der Waals surface area contributed by atoms with Gasteiger partial charge in [0, 0.05) is 32.9 Å². The van der Waals surface area contributed by atoms with Crippen molar-refractivity contribution in [1.82, 2.24) is 0 Å². The standard InChI is InChI=1S/C50H33NO/c1-3-14-34(15-4-1)39-30-40(35-16-5-2-6-17-35)33-42(32-39)51(47-26-12-20-36-18-7-9-23-43(36)47)41-22-11-21-38(31-41)44-25-13-27-48-49(44)46-29-28-37-19-8-10-24-45(37)50(46)52-48/h1-33H. The number of hydrogen-bond acceptors (Lipinski definition) is 2. The summed E-state index contributed by atoms with van der Waals surface area (Å²) in [6.45, 7) is 0. The molecule has 1 aromatic heterocycles. The van der Waals surface area contributed by atoms with Gasteiger partial charge in [-0.25, -0.2) is 0 Å². The molecule has 244 valence electrons. The van der Waals surface area contributed by atoms with Crippen molar-refractivity contribution in [2.45, 2.75) is 0 Å². The molecule has 0 spiro atoms. The number of furan rings is 1. The zero-order valence-corrected chi connectivity index (χ0v) is 28.4. The first-order valence-corrected chi connectivity index (χ1v) is 17.8. The Bertz CT molecular complexity index is 2840. The molecule has 0 aliphatic heterocycles. The topological polar surface area (TPSA) is 16.4 Å². The second-order valence-electron chi connectivity index (χ2n) is 13.3. The van der Waals surface area contributed by atoms with E-state index in [0.29, 0.717) is 0 Å². The maximum Gasteiger partial charge on any atom is 0.143 e. The molecule has 52 heavy (non-hydrogen) atoms. The van der Waals surface area contributed by atoms with E-state index in [1.54, 1.807) is 0 Å². The molecular weight excluding hydrogens is 631 g/mol. The molecule has 10 aromatic rings. The first kappa shape index (κ1) is 30.0. The largest absolute Gasteiger partial charge is 0.455 e. The van der Waals surface area contributed by atoms with Gasteiger partial charge in [-0.1, -0.05) is 152 Å². The monoisotopic (exact) mass is 663 g/mol. The Morgan fingerprint density at radius 1 is 0.346 bits per heavy atom. The Morgan fingerprint density at radius 3 is 1.67 bits per heavy atom. The van der Waals surface area contributed by atoms with Crippen LogP contribution >= 0.6 is 0 Å². The minimum absolute atomic E-state index is 0.892. The third-order valence-electron chi connectivity index (χ3n) is 10.2. The van der Waals surface area contributed by atoms with Crippen molar-refractivity contribution < 1.29 is 4.42 Å². The molecule has 0 atom stereocenters. The third kappa shape index (κ3) is 5.12. The van der Waals surface area contributed by atoms with Crippen LogP contribution < -0.4 is 4.90 Å². The van der Waals surface area contributed by atoms with E-state index in [-0.39, 0.29) is 0 Å². The average molecular weight is 664 g/mol. The summed E-state index contributed by atoms with van der Waals surface area (Å²) >= 11 is 0. The summed E-state index contributed by atoms with van der Waals surface area (Å²) in [5.41, 5.74) is 12.1. The molecule has 0 fully saturated rings. The van der Waals surface area contributed by atoms with Gasteiger partial charge in [0.1, 0.15) is 11.2 Å². The summed E-state index contributed by atoms with van der Waals surface area (Å²) in [5.74, 6) is 0. The molecule has 0 aliphatic carbocycles. The van der Waals surface area contributed by atoms with E-state index in [1.165, 1.54) is 38.4 Å². The van der Waals surface area contributed by atoms with E-state index < -0.39 is 0 Å². The zero-order chi connectivity index (χ0) is 34.4. The van der Waals surface area contributed by atoms with E-state index in [0.717, 1.165) is 55.5 Å². The first-order chi connectivity index (χ1) is 25.8. The average Bonchev–Trinajstić information content (AvgIpc) is 3.61. The fourth-order valence-electron chi connectivity index (χ4n) is 7.77. The maximum absolute atomic E-state index is 6.59. The number of benzene rings is 9. The number of hydrogen-bond donors (Lipinski definition) is 0. The molecule has 0 N–H and O–H groups in total. The van der Waals surface area contributed by atoms with Gasteiger partial charge in [0.25, 0.3) is 0 Å². The summed E-state index contributed by atoms with van der Waals surface area (Å²) in [4.78, 5) is 2.42. The predicted molar refractivity (Wildman–Crippen MR) is 220 cm³/mol. The molecule has 0 unspecified atom stereocenters. The summed E-state index contributed by atoms with van der Waals surface area (Å²) in [7, 11) is 0. The van der Waals surface area contributed by atoms with Gasteiger partial charge in [-0.15, -0.1) is 0 Å². The van der Waals surface area contributed by atoms with E-state index in [2.05, 4.69) is 205 Å². The Balaban J connectivity index is 1.22. The van der Waals surface area contributed by atoms with Crippen LogP contribution in [-0.4, -0.2) is 0 Å². The van der Waals surface area contributed by atoms with E-state index >= 15 is 0 Å². The highest BCUT2D eigenvalue weighted by Gasteiger charge is 2.20. The van der Waals surface area contributed by atoms with Crippen molar-refractivity contribution in [3.05, 3.63) is 200 Å². The molecule has 2 heteroatoms. The SMILES string of the molecule is c1ccc(-c2cc(-c3ccccc3)cc(N(c3cccc(-c4cccc5oc6c7ccccc7ccc6c45)c3)c3cccc4ccccc34)c2)cc1. The smallest absolute Gasteiger partial charge is 0.143 e. The summed E-state index contributed by atoms with van der Waals surface area (Å²) in [6, 6.07) is 71.8. The highest BCUT2D eigenvalue weighted by atomic mass is 16.3. The zero-order valence-electron chi connectivity index (χ0n) is 28.4. The number of fused-ring (bicyclic) bond motifs is 6. The molecule has 10 rings (SSSR count). The van der Waals surface area contributed by atoms with Gasteiger partial charge >= 0.3 is 0 Å². The van der Waals surface area contributed by atoms with Gasteiger partial charge in [0.05, 0.1) is 5.69 Å². The Kier molecular flexibility index (Phi) is 7.18. The Hall–Kier alpha value is -6.90. The fourth-order valence-corrected chi connectivity index (χ4v) is 7.77. The van der Waals surface area contributed by atoms with Gasteiger partial charge in [-0.05, 0) is 92.7 Å². The fraction of sp³-hybridized carbons (Fsp3) is 0. The lowest BCUT2D eigenvalue weighted by Gasteiger charge is -2.28. The Labute approximate surface area is 302 Å². The second-order valence-corrected chi connectivity index (χ2v) is 13.3. The van der Waals surface area contributed by atoms with Crippen LogP contribution in [0.1, 0.15) is 0 Å². The lowest BCUT2D eigenvalue weighted by molar-refractivity contribution is 0.673. The van der Waals surface area contributed by atoms with Gasteiger partial charge in [0.2, 0.25) is 0 Å². The number of rotatable bonds is 6. The van der Waals surface area contributed by atoms with E-state index in [4.69, 9.17) is 4.42 Å². The maximum atomic E-state index is 6.59. The van der Waals surface area contributed by atoms with Gasteiger partial charge < -0.3 is 9.32 Å². The van der Waals surface area contributed by atoms with Gasteiger partial charge in [0.15, 0.2) is 0 Å². The molecule has 0 bridgehead atoms. The van der Waals surface area contributed by atoms with Gasteiger partial charge in [-0.3, -0.25) is 0 Å². The molecule has 0 saturated carbocycles. The van der Waals surface area contributed by atoms with Crippen molar-refractivity contribution in [2.75, 3.05) is 4.90 Å². The van der Waals surface area contributed by atoms with Crippen molar-refractivity contribution >= 4 is 60.5 Å². The first-order valence-electron chi connectivity index (χ1n) is 17.8. The second kappa shape index (κ2) is 12.5. The molecule has 2 nitrogen and oxygen atoms in total. The third-order valence-corrected chi connectivity index (χ3v) is 10.2. The highest BCUT2D eigenvalue weighted by Crippen LogP contribution is 2.45. The molecular formula is C50H33NO. The minimum Gasteiger partial charge on any atom is -0.455 e. The van der Waals surface area contributed by atoms with Crippen LogP contribution in [-0.2, 0) is 0 Å². The normalized spacial score (nSPS) is 11.5. The molecule has 9 aromatic carbocycles. The van der Waals surface area contributed by atoms with Crippen LogP contribution in [0.5, 0.6) is 0 Å². The molecule has 0 saturated heterocycles. The molecule has 0 radical (unpaired) electrons.